The van der Waals surface area contributed by atoms with Gasteiger partial charge >= 0.3 is 6.09 Å². The van der Waals surface area contributed by atoms with Crippen LogP contribution in [-0.4, -0.2) is 45.5 Å². The number of hydrogen-bond acceptors (Lipinski definition) is 5. The third-order valence-corrected chi connectivity index (χ3v) is 4.98. The van der Waals surface area contributed by atoms with Gasteiger partial charge in [-0.05, 0) is 57.9 Å². The van der Waals surface area contributed by atoms with Gasteiger partial charge in [0, 0.05) is 36.4 Å². The molecule has 0 N–H and O–H groups in total. The SMILES string of the molecule is CC(C)(C)OC(=O)n1c(-c2cnc(N3CCC(F)CC3)nc2)cc2ccc(F)cc21. The molecule has 1 aliphatic rings. The minimum absolute atomic E-state index is 0.411. The van der Waals surface area contributed by atoms with Crippen molar-refractivity contribution in [3.05, 3.63) is 42.5 Å². The molecular weight excluding hydrogens is 390 g/mol. The van der Waals surface area contributed by atoms with Gasteiger partial charge in [0.2, 0.25) is 5.95 Å². The summed E-state index contributed by atoms with van der Waals surface area (Å²) in [4.78, 5) is 23.7. The minimum Gasteiger partial charge on any atom is -0.443 e. The highest BCUT2D eigenvalue weighted by Crippen LogP contribution is 2.30. The molecule has 1 aliphatic heterocycles. The zero-order chi connectivity index (χ0) is 21.5. The second-order valence-corrected chi connectivity index (χ2v) is 8.48. The molecule has 0 atom stereocenters. The molecule has 0 unspecified atom stereocenters. The lowest BCUT2D eigenvalue weighted by Gasteiger charge is -2.28. The van der Waals surface area contributed by atoms with Crippen molar-refractivity contribution < 1.29 is 18.3 Å². The Kier molecular flexibility index (Phi) is 5.17. The van der Waals surface area contributed by atoms with Crippen molar-refractivity contribution in [2.24, 2.45) is 0 Å². The molecule has 1 fully saturated rings. The van der Waals surface area contributed by atoms with E-state index in [9.17, 15) is 13.6 Å². The summed E-state index contributed by atoms with van der Waals surface area (Å²) in [7, 11) is 0. The van der Waals surface area contributed by atoms with Gasteiger partial charge < -0.3 is 9.64 Å². The fraction of sp³-hybridized carbons (Fsp3) is 0.409. The first-order valence-corrected chi connectivity index (χ1v) is 9.97. The van der Waals surface area contributed by atoms with Crippen molar-refractivity contribution in [3.8, 4) is 11.3 Å². The average Bonchev–Trinajstić information content (AvgIpc) is 3.06. The number of hydrogen-bond donors (Lipinski definition) is 0. The Morgan fingerprint density at radius 1 is 1.13 bits per heavy atom. The Balaban J connectivity index is 1.73. The third kappa shape index (κ3) is 4.13. The molecule has 3 aromatic rings. The average molecular weight is 414 g/mol. The number of benzene rings is 1. The van der Waals surface area contributed by atoms with Crippen molar-refractivity contribution in [3.63, 3.8) is 0 Å². The van der Waals surface area contributed by atoms with Crippen molar-refractivity contribution in [2.45, 2.75) is 45.4 Å². The fourth-order valence-electron chi connectivity index (χ4n) is 3.56. The van der Waals surface area contributed by atoms with Crippen LogP contribution in [0.1, 0.15) is 33.6 Å². The quantitative estimate of drug-likeness (QED) is 0.593. The maximum atomic E-state index is 13.9. The van der Waals surface area contributed by atoms with Gasteiger partial charge in [0.1, 0.15) is 17.6 Å². The van der Waals surface area contributed by atoms with Crippen LogP contribution in [0.5, 0.6) is 0 Å². The van der Waals surface area contributed by atoms with Crippen LogP contribution < -0.4 is 4.90 Å². The van der Waals surface area contributed by atoms with E-state index < -0.39 is 23.7 Å². The number of nitrogens with zero attached hydrogens (tertiary/aromatic N) is 4. The number of alkyl halides is 1. The van der Waals surface area contributed by atoms with Crippen molar-refractivity contribution in [1.29, 1.82) is 0 Å². The summed E-state index contributed by atoms with van der Waals surface area (Å²) in [6.45, 7) is 6.45. The smallest absolute Gasteiger partial charge is 0.419 e. The number of aromatic nitrogens is 3. The van der Waals surface area contributed by atoms with E-state index in [-0.39, 0.29) is 0 Å². The molecule has 0 radical (unpaired) electrons. The first-order valence-electron chi connectivity index (χ1n) is 9.97. The molecule has 0 saturated carbocycles. The van der Waals surface area contributed by atoms with Gasteiger partial charge in [0.05, 0.1) is 11.2 Å². The van der Waals surface area contributed by atoms with E-state index in [2.05, 4.69) is 9.97 Å². The van der Waals surface area contributed by atoms with Gasteiger partial charge in [-0.15, -0.1) is 0 Å². The first-order chi connectivity index (χ1) is 14.2. The second kappa shape index (κ2) is 7.66. The van der Waals surface area contributed by atoms with Crippen LogP contribution in [0.25, 0.3) is 22.2 Å². The van der Waals surface area contributed by atoms with Crippen LogP contribution in [0.15, 0.2) is 36.7 Å². The molecule has 4 rings (SSSR count). The highest BCUT2D eigenvalue weighted by Gasteiger charge is 2.24. The molecular formula is C22H24F2N4O2. The van der Waals surface area contributed by atoms with Crippen molar-refractivity contribution in [2.75, 3.05) is 18.0 Å². The molecule has 0 amide bonds. The molecule has 8 heteroatoms. The molecule has 30 heavy (non-hydrogen) atoms. The molecule has 0 bridgehead atoms. The van der Waals surface area contributed by atoms with Gasteiger partial charge in [-0.2, -0.15) is 0 Å². The van der Waals surface area contributed by atoms with E-state index in [1.807, 2.05) is 4.90 Å². The monoisotopic (exact) mass is 414 g/mol. The van der Waals surface area contributed by atoms with Crippen molar-refractivity contribution >= 4 is 22.9 Å². The predicted octanol–water partition coefficient (Wildman–Crippen LogP) is 4.96. The van der Waals surface area contributed by atoms with Crippen LogP contribution in [0.4, 0.5) is 19.5 Å². The number of anilines is 1. The normalized spacial score (nSPS) is 15.6. The summed E-state index contributed by atoms with van der Waals surface area (Å²) in [5.74, 6) is 0.0800. The highest BCUT2D eigenvalue weighted by atomic mass is 19.1. The summed E-state index contributed by atoms with van der Waals surface area (Å²) in [6, 6.07) is 6.05. The van der Waals surface area contributed by atoms with Crippen LogP contribution in [0.2, 0.25) is 0 Å². The van der Waals surface area contributed by atoms with Crippen LogP contribution >= 0.6 is 0 Å². The summed E-state index contributed by atoms with van der Waals surface area (Å²) < 4.78 is 34.2. The molecule has 1 saturated heterocycles. The van der Waals surface area contributed by atoms with Gasteiger partial charge in [0.25, 0.3) is 0 Å². The van der Waals surface area contributed by atoms with Gasteiger partial charge in [0.15, 0.2) is 0 Å². The number of rotatable bonds is 2. The van der Waals surface area contributed by atoms with E-state index in [0.717, 1.165) is 0 Å². The lowest BCUT2D eigenvalue weighted by molar-refractivity contribution is 0.0547. The Bertz CT molecular complexity index is 1070. The second-order valence-electron chi connectivity index (χ2n) is 8.48. The number of ether oxygens (including phenoxy) is 1. The largest absolute Gasteiger partial charge is 0.443 e. The molecule has 0 aliphatic carbocycles. The maximum absolute atomic E-state index is 13.9. The van der Waals surface area contributed by atoms with Gasteiger partial charge in [-0.25, -0.2) is 28.1 Å². The van der Waals surface area contributed by atoms with Crippen LogP contribution in [0.3, 0.4) is 0 Å². The molecule has 0 spiro atoms. The van der Waals surface area contributed by atoms with Crippen molar-refractivity contribution in [1.82, 2.24) is 14.5 Å². The Morgan fingerprint density at radius 2 is 1.80 bits per heavy atom. The predicted molar refractivity (Wildman–Crippen MR) is 111 cm³/mol. The Labute approximate surface area is 173 Å². The van der Waals surface area contributed by atoms with Gasteiger partial charge in [-0.1, -0.05) is 0 Å². The Hall–Kier alpha value is -3.03. The van der Waals surface area contributed by atoms with Crippen LogP contribution in [0, 0.1) is 5.82 Å². The van der Waals surface area contributed by atoms with E-state index in [1.165, 1.54) is 16.7 Å². The standard InChI is InChI=1S/C22H24F2N4O2/c1-22(2,3)30-21(29)28-18(10-14-4-5-17(24)11-19(14)28)15-12-25-20(26-13-15)27-8-6-16(23)7-9-27/h4-5,10-13,16H,6-9H2,1-3H3. The topological polar surface area (TPSA) is 60.3 Å². The minimum atomic E-state index is -0.773. The summed E-state index contributed by atoms with van der Waals surface area (Å²) in [5.41, 5.74) is 0.815. The fourth-order valence-corrected chi connectivity index (χ4v) is 3.56. The lowest BCUT2D eigenvalue weighted by Crippen LogP contribution is -2.35. The maximum Gasteiger partial charge on any atom is 0.419 e. The van der Waals surface area contributed by atoms with E-state index in [1.54, 1.807) is 45.3 Å². The van der Waals surface area contributed by atoms with E-state index >= 15 is 0 Å². The number of piperidine rings is 1. The molecule has 3 heterocycles. The zero-order valence-corrected chi connectivity index (χ0v) is 17.2. The van der Waals surface area contributed by atoms with E-state index in [0.29, 0.717) is 54.0 Å². The van der Waals surface area contributed by atoms with E-state index in [4.69, 9.17) is 4.74 Å². The number of fused-ring (bicyclic) bond motifs is 1. The molecule has 1 aromatic carbocycles. The summed E-state index contributed by atoms with van der Waals surface area (Å²) in [6.07, 6.45) is 2.79. The van der Waals surface area contributed by atoms with Gasteiger partial charge in [-0.3, -0.25) is 0 Å². The Morgan fingerprint density at radius 3 is 2.43 bits per heavy atom. The number of halogens is 2. The molecule has 158 valence electrons. The summed E-state index contributed by atoms with van der Waals surface area (Å²) >= 11 is 0. The summed E-state index contributed by atoms with van der Waals surface area (Å²) in [5, 5.41) is 0.700. The van der Waals surface area contributed by atoms with Crippen LogP contribution in [-0.2, 0) is 4.74 Å². The number of carbonyl (C=O) groups excluding carboxylic acids is 1. The molecule has 6 nitrogen and oxygen atoms in total. The lowest BCUT2D eigenvalue weighted by atomic mass is 10.1. The number of carbonyl (C=O) groups is 1. The zero-order valence-electron chi connectivity index (χ0n) is 17.2. The third-order valence-electron chi connectivity index (χ3n) is 4.98. The first kappa shape index (κ1) is 20.3. The molecule has 2 aromatic heterocycles. The highest BCUT2D eigenvalue weighted by molar-refractivity contribution is 5.96.